The number of carbonyl (C=O) groups is 1. The minimum atomic E-state index is -0.264. The summed E-state index contributed by atoms with van der Waals surface area (Å²) in [6.45, 7) is 5.94. The summed E-state index contributed by atoms with van der Waals surface area (Å²) < 4.78 is 7.75. The molecule has 0 atom stereocenters. The number of carbonyl (C=O) groups excluding carboxylic acids is 1. The molecule has 5 heteroatoms. The number of hydrogen-bond donors (Lipinski definition) is 1. The smallest absolute Gasteiger partial charge is 0.292 e. The third-order valence-electron chi connectivity index (χ3n) is 4.44. The van der Waals surface area contributed by atoms with Crippen molar-refractivity contribution in [1.29, 1.82) is 0 Å². The van der Waals surface area contributed by atoms with Crippen LogP contribution in [-0.4, -0.2) is 15.7 Å². The van der Waals surface area contributed by atoms with Crippen LogP contribution in [0.2, 0.25) is 0 Å². The lowest BCUT2D eigenvalue weighted by Crippen LogP contribution is -2.16. The number of hydrogen-bond acceptors (Lipinski definition) is 3. The molecular weight excluding hydrogens is 314 g/mol. The van der Waals surface area contributed by atoms with Crippen LogP contribution < -0.4 is 5.32 Å². The third kappa shape index (κ3) is 2.48. The van der Waals surface area contributed by atoms with E-state index in [1.807, 2.05) is 51.1 Å². The standard InChI is InChI=1S/C20H19N3O2/c1-12(2)23-17(10-11-21-23)22-20(24)18-13(3)15-9-8-14-6-4-5-7-16(14)19(15)25-18/h4-12H,1-3H3,(H,22,24). The highest BCUT2D eigenvalue weighted by atomic mass is 16.3. The summed E-state index contributed by atoms with van der Waals surface area (Å²) in [6, 6.07) is 14.0. The largest absolute Gasteiger partial charge is 0.450 e. The Morgan fingerprint density at radius 3 is 2.72 bits per heavy atom. The highest BCUT2D eigenvalue weighted by Gasteiger charge is 2.20. The fourth-order valence-electron chi connectivity index (χ4n) is 3.16. The summed E-state index contributed by atoms with van der Waals surface area (Å²) in [6.07, 6.45) is 1.68. The first kappa shape index (κ1) is 15.4. The van der Waals surface area contributed by atoms with Gasteiger partial charge in [0.05, 0.1) is 6.20 Å². The molecular formula is C20H19N3O2. The summed E-state index contributed by atoms with van der Waals surface area (Å²) in [5, 5.41) is 10.2. The van der Waals surface area contributed by atoms with Crippen molar-refractivity contribution in [3.05, 3.63) is 60.0 Å². The molecule has 0 aliphatic carbocycles. The van der Waals surface area contributed by atoms with Crippen molar-refractivity contribution in [2.75, 3.05) is 5.32 Å². The summed E-state index contributed by atoms with van der Waals surface area (Å²) in [5.74, 6) is 0.729. The minimum Gasteiger partial charge on any atom is -0.450 e. The number of fused-ring (bicyclic) bond motifs is 3. The number of anilines is 1. The summed E-state index contributed by atoms with van der Waals surface area (Å²) in [7, 11) is 0. The fourth-order valence-corrected chi connectivity index (χ4v) is 3.16. The highest BCUT2D eigenvalue weighted by molar-refractivity contribution is 6.11. The Morgan fingerprint density at radius 2 is 1.92 bits per heavy atom. The van der Waals surface area contributed by atoms with E-state index < -0.39 is 0 Å². The van der Waals surface area contributed by atoms with Gasteiger partial charge in [-0.15, -0.1) is 0 Å². The van der Waals surface area contributed by atoms with E-state index in [0.717, 1.165) is 27.3 Å². The Balaban J connectivity index is 1.78. The lowest BCUT2D eigenvalue weighted by atomic mass is 10.1. The number of nitrogens with one attached hydrogen (secondary N) is 1. The molecule has 2 heterocycles. The van der Waals surface area contributed by atoms with E-state index in [1.54, 1.807) is 16.9 Å². The van der Waals surface area contributed by atoms with E-state index >= 15 is 0 Å². The number of benzene rings is 2. The van der Waals surface area contributed by atoms with E-state index in [4.69, 9.17) is 4.42 Å². The number of furan rings is 1. The normalized spacial score (nSPS) is 11.5. The van der Waals surface area contributed by atoms with Gasteiger partial charge in [0.1, 0.15) is 11.4 Å². The Bertz CT molecular complexity index is 1090. The van der Waals surface area contributed by atoms with Gasteiger partial charge in [0.15, 0.2) is 5.76 Å². The Kier molecular flexibility index (Phi) is 3.57. The van der Waals surface area contributed by atoms with Gasteiger partial charge in [0, 0.05) is 28.4 Å². The average molecular weight is 333 g/mol. The maximum absolute atomic E-state index is 12.8. The summed E-state index contributed by atoms with van der Waals surface area (Å²) >= 11 is 0. The minimum absolute atomic E-state index is 0.158. The number of nitrogens with zero attached hydrogens (tertiary/aromatic N) is 2. The lowest BCUT2D eigenvalue weighted by Gasteiger charge is -2.11. The van der Waals surface area contributed by atoms with Crippen molar-refractivity contribution in [3.8, 4) is 0 Å². The number of aromatic nitrogens is 2. The van der Waals surface area contributed by atoms with Crippen molar-refractivity contribution >= 4 is 33.5 Å². The molecule has 2 aromatic heterocycles. The zero-order chi connectivity index (χ0) is 17.6. The molecule has 25 heavy (non-hydrogen) atoms. The van der Waals surface area contributed by atoms with Gasteiger partial charge in [-0.2, -0.15) is 5.10 Å². The van der Waals surface area contributed by atoms with Crippen molar-refractivity contribution in [2.45, 2.75) is 26.8 Å². The molecule has 0 aliphatic heterocycles. The molecule has 4 aromatic rings. The van der Waals surface area contributed by atoms with Gasteiger partial charge in [-0.05, 0) is 26.2 Å². The van der Waals surface area contributed by atoms with Crippen LogP contribution in [0, 0.1) is 6.92 Å². The van der Waals surface area contributed by atoms with E-state index in [0.29, 0.717) is 11.6 Å². The quantitative estimate of drug-likeness (QED) is 0.578. The second kappa shape index (κ2) is 5.77. The topological polar surface area (TPSA) is 60.1 Å². The van der Waals surface area contributed by atoms with Crippen LogP contribution in [0.1, 0.15) is 36.0 Å². The molecule has 126 valence electrons. The van der Waals surface area contributed by atoms with Crippen LogP contribution >= 0.6 is 0 Å². The molecule has 0 unspecified atom stereocenters. The zero-order valence-corrected chi connectivity index (χ0v) is 14.4. The molecule has 0 bridgehead atoms. The van der Waals surface area contributed by atoms with Gasteiger partial charge in [-0.1, -0.05) is 36.4 Å². The van der Waals surface area contributed by atoms with Crippen molar-refractivity contribution < 1.29 is 9.21 Å². The van der Waals surface area contributed by atoms with E-state index in [9.17, 15) is 4.79 Å². The van der Waals surface area contributed by atoms with Crippen LogP contribution in [0.15, 0.2) is 53.1 Å². The fraction of sp³-hybridized carbons (Fsp3) is 0.200. The molecule has 0 spiro atoms. The second-order valence-electron chi connectivity index (χ2n) is 6.43. The first-order valence-electron chi connectivity index (χ1n) is 8.32. The molecule has 0 aliphatic rings. The monoisotopic (exact) mass is 333 g/mol. The zero-order valence-electron chi connectivity index (χ0n) is 14.4. The first-order chi connectivity index (χ1) is 12.1. The van der Waals surface area contributed by atoms with Gasteiger partial charge in [0.25, 0.3) is 5.91 Å². The van der Waals surface area contributed by atoms with Gasteiger partial charge < -0.3 is 9.73 Å². The van der Waals surface area contributed by atoms with Crippen molar-refractivity contribution in [1.82, 2.24) is 9.78 Å². The van der Waals surface area contributed by atoms with Gasteiger partial charge >= 0.3 is 0 Å². The molecule has 5 nitrogen and oxygen atoms in total. The molecule has 0 saturated heterocycles. The van der Waals surface area contributed by atoms with E-state index in [2.05, 4.69) is 16.5 Å². The van der Waals surface area contributed by atoms with Crippen LogP contribution in [0.3, 0.4) is 0 Å². The van der Waals surface area contributed by atoms with Gasteiger partial charge in [-0.3, -0.25) is 4.79 Å². The SMILES string of the molecule is Cc1c(C(=O)Nc2ccnn2C(C)C)oc2c1ccc1ccccc12. The number of rotatable bonds is 3. The predicted octanol–water partition coefficient (Wildman–Crippen LogP) is 4.92. The van der Waals surface area contributed by atoms with E-state index in [-0.39, 0.29) is 11.9 Å². The molecule has 0 radical (unpaired) electrons. The van der Waals surface area contributed by atoms with Gasteiger partial charge in [-0.25, -0.2) is 4.68 Å². The van der Waals surface area contributed by atoms with Crippen molar-refractivity contribution in [2.24, 2.45) is 0 Å². The molecule has 4 rings (SSSR count). The molecule has 0 fully saturated rings. The summed E-state index contributed by atoms with van der Waals surface area (Å²) in [4.78, 5) is 12.8. The maximum atomic E-state index is 12.8. The first-order valence-corrected chi connectivity index (χ1v) is 8.32. The van der Waals surface area contributed by atoms with Gasteiger partial charge in [0.2, 0.25) is 0 Å². The average Bonchev–Trinajstić information content (AvgIpc) is 3.19. The van der Waals surface area contributed by atoms with Crippen LogP contribution in [0.4, 0.5) is 5.82 Å². The lowest BCUT2D eigenvalue weighted by molar-refractivity contribution is 0.0997. The predicted molar refractivity (Wildman–Crippen MR) is 99.0 cm³/mol. The van der Waals surface area contributed by atoms with E-state index in [1.165, 1.54) is 0 Å². The summed E-state index contributed by atoms with van der Waals surface area (Å²) in [5.41, 5.74) is 1.59. The van der Waals surface area contributed by atoms with Crippen LogP contribution in [0.5, 0.6) is 0 Å². The molecule has 0 saturated carbocycles. The highest BCUT2D eigenvalue weighted by Crippen LogP contribution is 2.32. The van der Waals surface area contributed by atoms with Crippen LogP contribution in [0.25, 0.3) is 21.7 Å². The molecule has 2 aromatic carbocycles. The molecule has 1 amide bonds. The Morgan fingerprint density at radius 1 is 1.12 bits per heavy atom. The third-order valence-corrected chi connectivity index (χ3v) is 4.44. The Hall–Kier alpha value is -3.08. The van der Waals surface area contributed by atoms with Crippen molar-refractivity contribution in [3.63, 3.8) is 0 Å². The Labute approximate surface area is 145 Å². The number of amides is 1. The second-order valence-corrected chi connectivity index (χ2v) is 6.43. The van der Waals surface area contributed by atoms with Crippen LogP contribution in [-0.2, 0) is 0 Å². The number of aryl methyl sites for hydroxylation is 1. The maximum Gasteiger partial charge on any atom is 0.292 e. The molecule has 1 N–H and O–H groups in total.